The van der Waals surface area contributed by atoms with Crippen LogP contribution in [0, 0.1) is 0 Å². The Kier molecular flexibility index (Phi) is 6.97. The molecule has 2 saturated heterocycles. The van der Waals surface area contributed by atoms with E-state index in [9.17, 15) is 4.79 Å². The molecule has 27 heavy (non-hydrogen) atoms. The van der Waals surface area contributed by atoms with Crippen molar-refractivity contribution in [1.29, 1.82) is 0 Å². The molecule has 0 saturated carbocycles. The molecular weight excluding hydrogens is 450 g/mol. The Morgan fingerprint density at radius 3 is 3.00 bits per heavy atom. The van der Waals surface area contributed by atoms with Crippen molar-refractivity contribution >= 4 is 56.2 Å². The van der Waals surface area contributed by atoms with E-state index in [1.54, 1.807) is 18.1 Å². The number of thioether (sulfide) groups is 1. The number of methoxy groups -OCH3 is 1. The van der Waals surface area contributed by atoms with Crippen molar-refractivity contribution in [3.05, 3.63) is 39.7 Å². The molecule has 2 heterocycles. The average molecular weight is 470 g/mol. The van der Waals surface area contributed by atoms with Crippen LogP contribution >= 0.6 is 39.9 Å². The minimum atomic E-state index is -0.0810. The molecule has 0 aromatic heterocycles. The van der Waals surface area contributed by atoms with E-state index in [-0.39, 0.29) is 12.0 Å². The highest BCUT2D eigenvalue weighted by Gasteiger charge is 2.34. The number of ether oxygens (including phenoxy) is 3. The van der Waals surface area contributed by atoms with Gasteiger partial charge >= 0.3 is 0 Å². The van der Waals surface area contributed by atoms with E-state index < -0.39 is 0 Å². The van der Waals surface area contributed by atoms with E-state index >= 15 is 0 Å². The summed E-state index contributed by atoms with van der Waals surface area (Å²) in [6.07, 6.45) is 5.55. The van der Waals surface area contributed by atoms with Crippen LogP contribution in [0.4, 0.5) is 0 Å². The summed E-state index contributed by atoms with van der Waals surface area (Å²) in [7, 11) is 1.58. The van der Waals surface area contributed by atoms with E-state index in [4.69, 9.17) is 26.4 Å². The van der Waals surface area contributed by atoms with Gasteiger partial charge in [-0.2, -0.15) is 0 Å². The molecule has 8 heteroatoms. The SMILES string of the molecule is C=CCOc1c(Br)cc(/C=C2\SC(=S)N(C[C@@H]3CCCO3)C2=O)cc1OC. The molecule has 1 aromatic carbocycles. The van der Waals surface area contributed by atoms with E-state index in [0.29, 0.717) is 33.9 Å². The Morgan fingerprint density at radius 2 is 2.33 bits per heavy atom. The minimum Gasteiger partial charge on any atom is -0.493 e. The smallest absolute Gasteiger partial charge is 0.266 e. The van der Waals surface area contributed by atoms with Crippen molar-refractivity contribution in [1.82, 2.24) is 4.90 Å². The maximum Gasteiger partial charge on any atom is 0.266 e. The van der Waals surface area contributed by atoms with Gasteiger partial charge in [0, 0.05) is 6.61 Å². The van der Waals surface area contributed by atoms with Crippen molar-refractivity contribution in [3.8, 4) is 11.5 Å². The molecule has 0 N–H and O–H groups in total. The number of benzene rings is 1. The first kappa shape index (κ1) is 20.4. The minimum absolute atomic E-state index is 0.0716. The fraction of sp³-hybridized carbons (Fsp3) is 0.368. The van der Waals surface area contributed by atoms with Crippen molar-refractivity contribution in [2.75, 3.05) is 26.9 Å². The second-order valence-corrected chi connectivity index (χ2v) is 8.59. The van der Waals surface area contributed by atoms with Gasteiger partial charge in [0.2, 0.25) is 0 Å². The first-order chi connectivity index (χ1) is 13.0. The van der Waals surface area contributed by atoms with Gasteiger partial charge in [-0.15, -0.1) is 0 Å². The summed E-state index contributed by atoms with van der Waals surface area (Å²) in [5, 5.41) is 0. The van der Waals surface area contributed by atoms with Crippen LogP contribution in [-0.2, 0) is 9.53 Å². The molecular formula is C19H20BrNO4S2. The van der Waals surface area contributed by atoms with Crippen molar-refractivity contribution in [2.24, 2.45) is 0 Å². The van der Waals surface area contributed by atoms with Crippen LogP contribution in [0.15, 0.2) is 34.2 Å². The molecule has 0 bridgehead atoms. The predicted molar refractivity (Wildman–Crippen MR) is 115 cm³/mol. The number of rotatable bonds is 7. The lowest BCUT2D eigenvalue weighted by Gasteiger charge is -2.18. The highest BCUT2D eigenvalue weighted by Crippen LogP contribution is 2.39. The van der Waals surface area contributed by atoms with E-state index in [2.05, 4.69) is 22.5 Å². The molecule has 0 aliphatic carbocycles. The summed E-state index contributed by atoms with van der Waals surface area (Å²) in [5.41, 5.74) is 0.822. The number of halogens is 1. The third-order valence-corrected chi connectivity index (χ3v) is 6.15. The summed E-state index contributed by atoms with van der Waals surface area (Å²) in [6.45, 7) is 5.29. The molecule has 0 unspecified atom stereocenters. The number of carbonyl (C=O) groups is 1. The highest BCUT2D eigenvalue weighted by molar-refractivity contribution is 9.10. The van der Waals surface area contributed by atoms with Gasteiger partial charge in [0.1, 0.15) is 10.9 Å². The molecule has 0 spiro atoms. The molecule has 2 fully saturated rings. The van der Waals surface area contributed by atoms with E-state index in [1.165, 1.54) is 11.8 Å². The Balaban J connectivity index is 1.81. The lowest BCUT2D eigenvalue weighted by Crippen LogP contribution is -2.35. The molecule has 5 nitrogen and oxygen atoms in total. The van der Waals surface area contributed by atoms with Gasteiger partial charge in [0.15, 0.2) is 11.5 Å². The molecule has 1 amide bonds. The van der Waals surface area contributed by atoms with Gasteiger partial charge in [-0.1, -0.05) is 36.6 Å². The summed E-state index contributed by atoms with van der Waals surface area (Å²) < 4.78 is 18.0. The molecule has 1 atom stereocenters. The molecule has 2 aliphatic rings. The van der Waals surface area contributed by atoms with Crippen LogP contribution in [0.2, 0.25) is 0 Å². The first-order valence-electron chi connectivity index (χ1n) is 8.51. The molecule has 2 aliphatic heterocycles. The van der Waals surface area contributed by atoms with E-state index in [1.807, 2.05) is 18.2 Å². The Labute approximate surface area is 176 Å². The maximum atomic E-state index is 12.8. The van der Waals surface area contributed by atoms with Crippen LogP contribution in [0.5, 0.6) is 11.5 Å². The van der Waals surface area contributed by atoms with Crippen LogP contribution in [0.1, 0.15) is 18.4 Å². The summed E-state index contributed by atoms with van der Waals surface area (Å²) in [5.74, 6) is 1.09. The van der Waals surface area contributed by atoms with Crippen LogP contribution in [0.3, 0.4) is 0 Å². The van der Waals surface area contributed by atoms with Gasteiger partial charge in [-0.25, -0.2) is 0 Å². The fourth-order valence-corrected chi connectivity index (χ4v) is 4.76. The highest BCUT2D eigenvalue weighted by atomic mass is 79.9. The number of hydrogen-bond acceptors (Lipinski definition) is 6. The van der Waals surface area contributed by atoms with Crippen LogP contribution < -0.4 is 9.47 Å². The van der Waals surface area contributed by atoms with Gasteiger partial charge in [0.05, 0.1) is 29.1 Å². The second kappa shape index (κ2) is 9.23. The zero-order valence-electron chi connectivity index (χ0n) is 14.9. The van der Waals surface area contributed by atoms with Crippen LogP contribution in [0.25, 0.3) is 6.08 Å². The van der Waals surface area contributed by atoms with Crippen molar-refractivity contribution in [3.63, 3.8) is 0 Å². The standard InChI is InChI=1S/C19H20BrNO4S2/c1-3-6-25-17-14(20)8-12(9-15(17)23-2)10-16-18(22)21(19(26)27-16)11-13-5-4-7-24-13/h3,8-10,13H,1,4-7,11H2,2H3/b16-10-/t13-/m0/s1. The zero-order chi connectivity index (χ0) is 19.4. The molecule has 3 rings (SSSR count). The summed E-state index contributed by atoms with van der Waals surface area (Å²) in [6, 6.07) is 3.71. The fourth-order valence-electron chi connectivity index (χ4n) is 2.91. The molecule has 144 valence electrons. The second-order valence-electron chi connectivity index (χ2n) is 6.06. The Bertz CT molecular complexity index is 790. The van der Waals surface area contributed by atoms with Gasteiger partial charge < -0.3 is 14.2 Å². The third kappa shape index (κ3) is 4.74. The largest absolute Gasteiger partial charge is 0.493 e. The normalized spacial score (nSPS) is 21.2. The number of hydrogen-bond donors (Lipinski definition) is 0. The quantitative estimate of drug-likeness (QED) is 0.335. The first-order valence-corrected chi connectivity index (χ1v) is 10.5. The topological polar surface area (TPSA) is 48.0 Å². The summed E-state index contributed by atoms with van der Waals surface area (Å²) in [4.78, 5) is 15.0. The number of amides is 1. The number of carbonyl (C=O) groups excluding carboxylic acids is 1. The summed E-state index contributed by atoms with van der Waals surface area (Å²) >= 11 is 10.2. The van der Waals surface area contributed by atoms with Gasteiger partial charge in [-0.3, -0.25) is 9.69 Å². The maximum absolute atomic E-state index is 12.8. The Hall–Kier alpha value is -1.35. The predicted octanol–water partition coefficient (Wildman–Crippen LogP) is 4.40. The van der Waals surface area contributed by atoms with Crippen molar-refractivity contribution < 1.29 is 19.0 Å². The third-order valence-electron chi connectivity index (χ3n) is 4.18. The molecule has 0 radical (unpaired) electrons. The van der Waals surface area contributed by atoms with E-state index in [0.717, 1.165) is 29.5 Å². The lowest BCUT2D eigenvalue weighted by molar-refractivity contribution is -0.123. The number of thiocarbonyl (C=S) groups is 1. The van der Waals surface area contributed by atoms with Gasteiger partial charge in [-0.05, 0) is 52.5 Å². The van der Waals surface area contributed by atoms with Crippen molar-refractivity contribution in [2.45, 2.75) is 18.9 Å². The Morgan fingerprint density at radius 1 is 1.52 bits per heavy atom. The average Bonchev–Trinajstić information content (AvgIpc) is 3.25. The monoisotopic (exact) mass is 469 g/mol. The van der Waals surface area contributed by atoms with Crippen LogP contribution in [-0.4, -0.2) is 48.1 Å². The molecule has 1 aromatic rings. The zero-order valence-corrected chi connectivity index (χ0v) is 18.1. The van der Waals surface area contributed by atoms with Gasteiger partial charge in [0.25, 0.3) is 5.91 Å². The lowest BCUT2D eigenvalue weighted by atomic mass is 10.1. The number of nitrogens with zero attached hydrogens (tertiary/aromatic N) is 1.